The second-order valence-electron chi connectivity index (χ2n) is 9.37. The molecule has 6 rings (SSSR count). The summed E-state index contributed by atoms with van der Waals surface area (Å²) >= 11 is 0. The lowest BCUT2D eigenvalue weighted by Gasteiger charge is -2.50. The number of aryl methyl sites for hydroxylation is 1. The first-order chi connectivity index (χ1) is 15.7. The van der Waals surface area contributed by atoms with Gasteiger partial charge in [-0.1, -0.05) is 78.4 Å². The zero-order valence-corrected chi connectivity index (χ0v) is 18.6. The lowest BCUT2D eigenvalue weighted by Crippen LogP contribution is -3.12. The first-order valence-electron chi connectivity index (χ1n) is 11.7. The summed E-state index contributed by atoms with van der Waals surface area (Å²) < 4.78 is 6.79. The molecule has 0 amide bonds. The fourth-order valence-corrected chi connectivity index (χ4v) is 5.42. The van der Waals surface area contributed by atoms with Crippen molar-refractivity contribution >= 4 is 5.70 Å². The third-order valence-electron chi connectivity index (χ3n) is 7.22. The van der Waals surface area contributed by atoms with E-state index in [1.807, 2.05) is 0 Å². The Morgan fingerprint density at radius 1 is 0.938 bits per heavy atom. The Bertz CT molecular complexity index is 1130. The number of nitrogens with zero attached hydrogens (tertiary/aromatic N) is 1. The molecule has 0 aliphatic carbocycles. The molecule has 4 heteroatoms. The Labute approximate surface area is 190 Å². The van der Waals surface area contributed by atoms with Crippen LogP contribution in [0.2, 0.25) is 0 Å². The summed E-state index contributed by atoms with van der Waals surface area (Å²) in [6.45, 7) is 5.41. The number of hydrogen-bond donors (Lipinski definition) is 2. The van der Waals surface area contributed by atoms with Crippen LogP contribution < -0.4 is 15.1 Å². The number of ether oxygens (including phenoxy) is 1. The van der Waals surface area contributed by atoms with Gasteiger partial charge in [0.05, 0.1) is 37.7 Å². The lowest BCUT2D eigenvalue weighted by molar-refractivity contribution is -0.921. The van der Waals surface area contributed by atoms with Crippen LogP contribution in [-0.2, 0) is 6.54 Å². The lowest BCUT2D eigenvalue weighted by atomic mass is 9.92. The predicted octanol–water partition coefficient (Wildman–Crippen LogP) is 3.87. The quantitative estimate of drug-likeness (QED) is 0.669. The van der Waals surface area contributed by atoms with Crippen LogP contribution in [0.1, 0.15) is 41.1 Å². The fraction of sp³-hybridized carbons (Fsp3) is 0.286. The maximum Gasteiger partial charge on any atom is 0.191 e. The highest BCUT2D eigenvalue weighted by Crippen LogP contribution is 2.47. The zero-order chi connectivity index (χ0) is 21.5. The van der Waals surface area contributed by atoms with E-state index in [2.05, 4.69) is 102 Å². The number of fused-ring (bicyclic) bond motifs is 4. The van der Waals surface area contributed by atoms with Gasteiger partial charge in [-0.15, -0.1) is 0 Å². The van der Waals surface area contributed by atoms with E-state index in [1.54, 1.807) is 4.90 Å². The summed E-state index contributed by atoms with van der Waals surface area (Å²) in [4.78, 5) is 1.63. The van der Waals surface area contributed by atoms with Crippen LogP contribution in [0.3, 0.4) is 0 Å². The molecule has 3 aromatic carbocycles. The monoisotopic (exact) mass is 424 g/mol. The van der Waals surface area contributed by atoms with E-state index in [0.717, 1.165) is 38.2 Å². The van der Waals surface area contributed by atoms with Crippen molar-refractivity contribution in [3.8, 4) is 5.75 Å². The number of quaternary nitrogens is 1. The molecule has 0 saturated carbocycles. The second-order valence-corrected chi connectivity index (χ2v) is 9.37. The van der Waals surface area contributed by atoms with E-state index >= 15 is 0 Å². The van der Waals surface area contributed by atoms with E-state index in [-0.39, 0.29) is 11.8 Å². The number of piperidine rings is 1. The molecule has 2 N–H and O–H groups in total. The molecule has 3 aromatic rings. The Balaban J connectivity index is 1.28. The van der Waals surface area contributed by atoms with E-state index in [9.17, 15) is 0 Å². The molecular formula is C28H30N3O+. The van der Waals surface area contributed by atoms with E-state index in [0.29, 0.717) is 0 Å². The van der Waals surface area contributed by atoms with Crippen LogP contribution in [-0.4, -0.2) is 23.8 Å². The number of rotatable bonds is 3. The van der Waals surface area contributed by atoms with Gasteiger partial charge in [0.15, 0.2) is 5.72 Å². The number of benzene rings is 3. The van der Waals surface area contributed by atoms with Gasteiger partial charge in [0.25, 0.3) is 0 Å². The number of nitrogens with one attached hydrogen (secondary N) is 2. The van der Waals surface area contributed by atoms with Gasteiger partial charge in [0, 0.05) is 11.1 Å². The number of likely N-dealkylation sites (tertiary alicyclic amines) is 1. The molecule has 3 aliphatic rings. The normalized spacial score (nSPS) is 26.6. The van der Waals surface area contributed by atoms with Gasteiger partial charge in [-0.2, -0.15) is 5.01 Å². The van der Waals surface area contributed by atoms with Crippen LogP contribution >= 0.6 is 0 Å². The van der Waals surface area contributed by atoms with Crippen molar-refractivity contribution < 1.29 is 9.64 Å². The standard InChI is InChI=1S/C28H29N3O/c1-21-11-13-23(14-12-21)25-19-26-24-9-5-6-10-27(24)32-28(31(26)29-25)15-17-30(18-16-28)20-22-7-3-2-4-8-22/h2-14,19,26,29H,15-18,20H2,1H3/p+1/t26-/m1/s1. The Morgan fingerprint density at radius 3 is 2.44 bits per heavy atom. The minimum absolute atomic E-state index is 0.187. The van der Waals surface area contributed by atoms with E-state index < -0.39 is 0 Å². The molecule has 1 atom stereocenters. The molecule has 1 saturated heterocycles. The van der Waals surface area contributed by atoms with Gasteiger partial charge in [-0.05, 0) is 24.6 Å². The number of hydrazine groups is 1. The fourth-order valence-electron chi connectivity index (χ4n) is 5.42. The van der Waals surface area contributed by atoms with Gasteiger partial charge in [0.2, 0.25) is 0 Å². The van der Waals surface area contributed by atoms with Crippen LogP contribution in [0.15, 0.2) is 84.9 Å². The number of para-hydroxylation sites is 1. The molecule has 0 aromatic heterocycles. The van der Waals surface area contributed by atoms with Gasteiger partial charge >= 0.3 is 0 Å². The third kappa shape index (κ3) is 3.40. The smallest absolute Gasteiger partial charge is 0.191 e. The SMILES string of the molecule is Cc1ccc(C2=C[C@@H]3c4ccccc4OC4(CC[NH+](Cc5ccccc5)CC4)N3N2)cc1. The zero-order valence-electron chi connectivity index (χ0n) is 18.6. The van der Waals surface area contributed by atoms with Crippen molar-refractivity contribution in [3.63, 3.8) is 0 Å². The maximum absolute atomic E-state index is 6.79. The minimum Gasteiger partial charge on any atom is -0.470 e. The van der Waals surface area contributed by atoms with Crippen molar-refractivity contribution in [1.82, 2.24) is 10.4 Å². The summed E-state index contributed by atoms with van der Waals surface area (Å²) in [6, 6.07) is 28.3. The molecule has 1 spiro atoms. The molecule has 3 heterocycles. The van der Waals surface area contributed by atoms with Crippen LogP contribution in [0.25, 0.3) is 5.70 Å². The van der Waals surface area contributed by atoms with Crippen LogP contribution in [0.4, 0.5) is 0 Å². The molecule has 4 nitrogen and oxygen atoms in total. The van der Waals surface area contributed by atoms with Crippen molar-refractivity contribution in [2.45, 2.75) is 38.1 Å². The molecule has 162 valence electrons. The molecular weight excluding hydrogens is 394 g/mol. The Morgan fingerprint density at radius 2 is 1.66 bits per heavy atom. The van der Waals surface area contributed by atoms with Crippen molar-refractivity contribution in [2.24, 2.45) is 0 Å². The molecule has 3 aliphatic heterocycles. The molecule has 0 bridgehead atoms. The third-order valence-corrected chi connectivity index (χ3v) is 7.22. The summed E-state index contributed by atoms with van der Waals surface area (Å²) in [7, 11) is 0. The van der Waals surface area contributed by atoms with Crippen molar-refractivity contribution in [3.05, 3.63) is 107 Å². The second kappa shape index (κ2) is 7.80. The highest BCUT2D eigenvalue weighted by atomic mass is 16.5. The highest BCUT2D eigenvalue weighted by Gasteiger charge is 2.52. The first kappa shape index (κ1) is 19.6. The van der Waals surface area contributed by atoms with Crippen molar-refractivity contribution in [2.75, 3.05) is 13.1 Å². The highest BCUT2D eigenvalue weighted by molar-refractivity contribution is 5.67. The summed E-state index contributed by atoms with van der Waals surface area (Å²) in [5.74, 6) is 1.03. The van der Waals surface area contributed by atoms with Crippen molar-refractivity contribution in [1.29, 1.82) is 0 Å². The molecule has 0 unspecified atom stereocenters. The van der Waals surface area contributed by atoms with Gasteiger partial charge in [-0.25, -0.2) is 0 Å². The topological polar surface area (TPSA) is 28.9 Å². The molecule has 32 heavy (non-hydrogen) atoms. The van der Waals surface area contributed by atoms with Crippen LogP contribution in [0.5, 0.6) is 5.75 Å². The average molecular weight is 425 g/mol. The van der Waals surface area contributed by atoms with Gasteiger partial charge < -0.3 is 15.1 Å². The van der Waals surface area contributed by atoms with Gasteiger partial charge in [-0.3, -0.25) is 0 Å². The summed E-state index contributed by atoms with van der Waals surface area (Å²) in [5, 5.41) is 2.39. The van der Waals surface area contributed by atoms with E-state index in [4.69, 9.17) is 4.74 Å². The maximum atomic E-state index is 6.79. The van der Waals surface area contributed by atoms with Crippen LogP contribution in [0, 0.1) is 6.92 Å². The Hall–Kier alpha value is -3.08. The molecule has 1 fully saturated rings. The number of hydrogen-bond acceptors (Lipinski definition) is 3. The van der Waals surface area contributed by atoms with E-state index in [1.165, 1.54) is 28.0 Å². The average Bonchev–Trinajstić information content (AvgIpc) is 3.29. The summed E-state index contributed by atoms with van der Waals surface area (Å²) in [5.41, 5.74) is 9.77. The summed E-state index contributed by atoms with van der Waals surface area (Å²) in [6.07, 6.45) is 4.38. The van der Waals surface area contributed by atoms with Gasteiger partial charge in [0.1, 0.15) is 12.3 Å². The minimum atomic E-state index is -0.317. The molecule has 0 radical (unpaired) electrons. The largest absolute Gasteiger partial charge is 0.470 e. The Kier molecular flexibility index (Phi) is 4.78. The predicted molar refractivity (Wildman–Crippen MR) is 127 cm³/mol. The first-order valence-corrected chi connectivity index (χ1v) is 11.7.